The van der Waals surface area contributed by atoms with Crippen molar-refractivity contribution >= 4 is 17.5 Å². The summed E-state index contributed by atoms with van der Waals surface area (Å²) < 4.78 is 0. The van der Waals surface area contributed by atoms with E-state index in [1.54, 1.807) is 17.9 Å². The van der Waals surface area contributed by atoms with E-state index in [9.17, 15) is 19.7 Å². The summed E-state index contributed by atoms with van der Waals surface area (Å²) in [6.07, 6.45) is 0.763. The maximum Gasteiger partial charge on any atom is 0.273 e. The van der Waals surface area contributed by atoms with Crippen molar-refractivity contribution in [1.82, 2.24) is 15.1 Å². The molecule has 0 radical (unpaired) electrons. The Hall–Kier alpha value is -2.48. The van der Waals surface area contributed by atoms with E-state index in [4.69, 9.17) is 0 Å². The van der Waals surface area contributed by atoms with E-state index in [0.717, 1.165) is 13.0 Å². The predicted molar refractivity (Wildman–Crippen MR) is 93.5 cm³/mol. The Labute approximate surface area is 146 Å². The van der Waals surface area contributed by atoms with E-state index in [0.29, 0.717) is 43.9 Å². The minimum absolute atomic E-state index is 0.0168. The summed E-state index contributed by atoms with van der Waals surface area (Å²) >= 11 is 0. The van der Waals surface area contributed by atoms with Gasteiger partial charge in [-0.15, -0.1) is 0 Å². The number of likely N-dealkylation sites (N-methyl/N-ethyl adjacent to an activating group) is 1. The second-order valence-electron chi connectivity index (χ2n) is 6.08. The quantitative estimate of drug-likeness (QED) is 0.637. The van der Waals surface area contributed by atoms with Gasteiger partial charge in [-0.3, -0.25) is 24.6 Å². The van der Waals surface area contributed by atoms with E-state index in [2.05, 4.69) is 5.32 Å². The molecule has 0 atom stereocenters. The lowest BCUT2D eigenvalue weighted by Crippen LogP contribution is -2.40. The smallest absolute Gasteiger partial charge is 0.273 e. The number of hydrogen-bond donors (Lipinski definition) is 1. The fraction of sp³-hybridized carbons (Fsp3) is 0.529. The SMILES string of the molecule is CCNC(=O)CN1CCCN(C(=O)c2cccc([N+](=O)[O-])c2C)CC1. The molecular formula is C17H24N4O4. The molecule has 1 N–H and O–H groups in total. The molecule has 136 valence electrons. The molecule has 8 nitrogen and oxygen atoms in total. The van der Waals surface area contributed by atoms with Gasteiger partial charge in [0.15, 0.2) is 0 Å². The highest BCUT2D eigenvalue weighted by atomic mass is 16.6. The summed E-state index contributed by atoms with van der Waals surface area (Å²) in [7, 11) is 0. The number of rotatable bonds is 5. The first-order chi connectivity index (χ1) is 11.9. The molecule has 25 heavy (non-hydrogen) atoms. The molecule has 0 aliphatic carbocycles. The third-order valence-electron chi connectivity index (χ3n) is 4.35. The summed E-state index contributed by atoms with van der Waals surface area (Å²) in [5, 5.41) is 13.8. The van der Waals surface area contributed by atoms with Crippen LogP contribution in [0.3, 0.4) is 0 Å². The van der Waals surface area contributed by atoms with E-state index in [1.807, 2.05) is 11.8 Å². The van der Waals surface area contributed by atoms with Gasteiger partial charge in [-0.1, -0.05) is 6.07 Å². The zero-order valence-electron chi connectivity index (χ0n) is 14.7. The highest BCUT2D eigenvalue weighted by Gasteiger charge is 2.24. The van der Waals surface area contributed by atoms with Crippen molar-refractivity contribution in [3.8, 4) is 0 Å². The number of carbonyl (C=O) groups is 2. The molecule has 2 amide bonds. The Bertz CT molecular complexity index is 662. The third-order valence-corrected chi connectivity index (χ3v) is 4.35. The molecule has 1 aromatic rings. The first kappa shape index (κ1) is 18.9. The molecule has 1 fully saturated rings. The van der Waals surface area contributed by atoms with E-state index < -0.39 is 4.92 Å². The molecule has 0 aromatic heterocycles. The lowest BCUT2D eigenvalue weighted by molar-refractivity contribution is -0.385. The fourth-order valence-corrected chi connectivity index (χ4v) is 3.01. The predicted octanol–water partition coefficient (Wildman–Crippen LogP) is 1.19. The van der Waals surface area contributed by atoms with Crippen LogP contribution < -0.4 is 5.32 Å². The number of amides is 2. The van der Waals surface area contributed by atoms with E-state index in [1.165, 1.54) is 12.1 Å². The van der Waals surface area contributed by atoms with Gasteiger partial charge in [-0.05, 0) is 26.3 Å². The first-order valence-corrected chi connectivity index (χ1v) is 8.46. The second-order valence-corrected chi connectivity index (χ2v) is 6.08. The highest BCUT2D eigenvalue weighted by Crippen LogP contribution is 2.22. The maximum atomic E-state index is 12.8. The van der Waals surface area contributed by atoms with Crippen molar-refractivity contribution in [2.75, 3.05) is 39.3 Å². The summed E-state index contributed by atoms with van der Waals surface area (Å²) in [5.74, 6) is -0.210. The minimum atomic E-state index is -0.470. The Morgan fingerprint density at radius 3 is 2.68 bits per heavy atom. The molecule has 0 saturated carbocycles. The molecule has 1 heterocycles. The number of nitrogens with one attached hydrogen (secondary N) is 1. The lowest BCUT2D eigenvalue weighted by atomic mass is 10.1. The Balaban J connectivity index is 2.05. The van der Waals surface area contributed by atoms with Crippen molar-refractivity contribution in [3.05, 3.63) is 39.4 Å². The van der Waals surface area contributed by atoms with Crippen molar-refractivity contribution < 1.29 is 14.5 Å². The number of nitro groups is 1. The van der Waals surface area contributed by atoms with Gasteiger partial charge in [0.1, 0.15) is 0 Å². The average Bonchev–Trinajstić information content (AvgIpc) is 2.80. The van der Waals surface area contributed by atoms with Crippen LogP contribution in [0.5, 0.6) is 0 Å². The third kappa shape index (κ3) is 4.76. The van der Waals surface area contributed by atoms with Crippen LogP contribution in [0.1, 0.15) is 29.3 Å². The molecular weight excluding hydrogens is 324 g/mol. The van der Waals surface area contributed by atoms with Crippen LogP contribution >= 0.6 is 0 Å². The van der Waals surface area contributed by atoms with Crippen molar-refractivity contribution in [2.45, 2.75) is 20.3 Å². The summed E-state index contributed by atoms with van der Waals surface area (Å²) in [4.78, 5) is 38.8. The largest absolute Gasteiger partial charge is 0.355 e. The summed E-state index contributed by atoms with van der Waals surface area (Å²) in [6.45, 7) is 6.83. The van der Waals surface area contributed by atoms with Crippen molar-refractivity contribution in [2.24, 2.45) is 0 Å². The Morgan fingerprint density at radius 2 is 2.00 bits per heavy atom. The second kappa shape index (κ2) is 8.57. The van der Waals surface area contributed by atoms with Crippen LogP contribution in [0.15, 0.2) is 18.2 Å². The first-order valence-electron chi connectivity index (χ1n) is 8.46. The molecule has 0 unspecified atom stereocenters. The van der Waals surface area contributed by atoms with Gasteiger partial charge in [0.05, 0.1) is 11.5 Å². The van der Waals surface area contributed by atoms with Crippen molar-refractivity contribution in [3.63, 3.8) is 0 Å². The van der Waals surface area contributed by atoms with Crippen LogP contribution in [-0.4, -0.2) is 65.8 Å². The van der Waals surface area contributed by atoms with Crippen molar-refractivity contribution in [1.29, 1.82) is 0 Å². The lowest BCUT2D eigenvalue weighted by Gasteiger charge is -2.22. The molecule has 1 aliphatic rings. The number of carbonyl (C=O) groups excluding carboxylic acids is 2. The van der Waals surface area contributed by atoms with Gasteiger partial charge < -0.3 is 10.2 Å². The Kier molecular flexibility index (Phi) is 6.46. The molecule has 0 bridgehead atoms. The zero-order valence-corrected chi connectivity index (χ0v) is 14.7. The van der Waals surface area contributed by atoms with Crippen LogP contribution in [-0.2, 0) is 4.79 Å². The van der Waals surface area contributed by atoms with Gasteiger partial charge in [-0.2, -0.15) is 0 Å². The molecule has 1 aliphatic heterocycles. The van der Waals surface area contributed by atoms with Gasteiger partial charge >= 0.3 is 0 Å². The molecule has 2 rings (SSSR count). The van der Waals surface area contributed by atoms with Gasteiger partial charge in [0, 0.05) is 49.9 Å². The molecule has 1 aromatic carbocycles. The minimum Gasteiger partial charge on any atom is -0.355 e. The number of hydrogen-bond acceptors (Lipinski definition) is 5. The average molecular weight is 348 g/mol. The van der Waals surface area contributed by atoms with Crippen LogP contribution in [0.4, 0.5) is 5.69 Å². The zero-order chi connectivity index (χ0) is 18.4. The van der Waals surface area contributed by atoms with E-state index in [-0.39, 0.29) is 17.5 Å². The normalized spacial score (nSPS) is 15.5. The van der Waals surface area contributed by atoms with Gasteiger partial charge in [-0.25, -0.2) is 0 Å². The van der Waals surface area contributed by atoms with Crippen LogP contribution in [0.2, 0.25) is 0 Å². The number of benzene rings is 1. The number of nitro benzene ring substituents is 1. The van der Waals surface area contributed by atoms with E-state index >= 15 is 0 Å². The molecule has 0 spiro atoms. The standard InChI is InChI=1S/C17H24N4O4/c1-3-18-16(22)12-19-8-5-9-20(11-10-19)17(23)14-6-4-7-15(13(14)2)21(24)25/h4,6-7H,3,5,8-12H2,1-2H3,(H,18,22). The summed E-state index contributed by atoms with van der Waals surface area (Å²) in [5.41, 5.74) is 0.714. The topological polar surface area (TPSA) is 95.8 Å². The monoisotopic (exact) mass is 348 g/mol. The highest BCUT2D eigenvalue weighted by molar-refractivity contribution is 5.96. The number of nitrogens with zero attached hydrogens (tertiary/aromatic N) is 3. The maximum absolute atomic E-state index is 12.8. The molecule has 1 saturated heterocycles. The van der Waals surface area contributed by atoms with Gasteiger partial charge in [0.25, 0.3) is 11.6 Å². The summed E-state index contributed by atoms with van der Waals surface area (Å²) in [6, 6.07) is 4.57. The molecule has 8 heteroatoms. The van der Waals surface area contributed by atoms with Gasteiger partial charge in [0.2, 0.25) is 5.91 Å². The van der Waals surface area contributed by atoms with Crippen LogP contribution in [0, 0.1) is 17.0 Å². The Morgan fingerprint density at radius 1 is 1.24 bits per heavy atom. The van der Waals surface area contributed by atoms with Crippen LogP contribution in [0.25, 0.3) is 0 Å². The fourth-order valence-electron chi connectivity index (χ4n) is 3.01.